The highest BCUT2D eigenvalue weighted by molar-refractivity contribution is 5.97. The van der Waals surface area contributed by atoms with Gasteiger partial charge in [-0.3, -0.25) is 13.9 Å². The van der Waals surface area contributed by atoms with Crippen LogP contribution < -0.4 is 21.9 Å². The molecule has 4 N–H and O–H groups in total. The zero-order chi connectivity index (χ0) is 27.7. The highest BCUT2D eigenvalue weighted by Crippen LogP contribution is 2.29. The van der Waals surface area contributed by atoms with Gasteiger partial charge in [-0.1, -0.05) is 18.2 Å². The standard InChI is InChI=1S/C28H28N8O3/c1-28(2,31)14-18(15-29)26(37)34-13-12-20(16-34)36-25-23(24(30)32-17-33-25)35(27(36)38)19-8-10-22(11-9-19)39-21-6-4-3-5-7-21/h3-11,14,17,20H,12-13,16,31H2,1-2H3,(H2,30,32,33)/t20-/m0/s1. The number of rotatable bonds is 6. The van der Waals surface area contributed by atoms with Gasteiger partial charge in [0.1, 0.15) is 35.0 Å². The summed E-state index contributed by atoms with van der Waals surface area (Å²) in [6.45, 7) is 4.03. The Morgan fingerprint density at radius 1 is 1.13 bits per heavy atom. The molecule has 2 aromatic carbocycles. The molecule has 0 bridgehead atoms. The fourth-order valence-corrected chi connectivity index (χ4v) is 4.75. The van der Waals surface area contributed by atoms with Crippen LogP contribution in [0.25, 0.3) is 16.9 Å². The molecule has 3 heterocycles. The summed E-state index contributed by atoms with van der Waals surface area (Å²) < 4.78 is 8.90. The Morgan fingerprint density at radius 3 is 2.49 bits per heavy atom. The van der Waals surface area contributed by atoms with E-state index in [0.29, 0.717) is 41.3 Å². The lowest BCUT2D eigenvalue weighted by atomic mass is 10.0. The van der Waals surface area contributed by atoms with Crippen molar-refractivity contribution in [2.45, 2.75) is 31.8 Å². The number of carbonyl (C=O) groups excluding carboxylic acids is 1. The van der Waals surface area contributed by atoms with E-state index in [-0.39, 0.29) is 29.7 Å². The van der Waals surface area contributed by atoms with Gasteiger partial charge in [0, 0.05) is 18.6 Å². The number of ether oxygens (including phenoxy) is 1. The molecule has 2 aromatic heterocycles. The quantitative estimate of drug-likeness (QED) is 0.288. The fourth-order valence-electron chi connectivity index (χ4n) is 4.75. The van der Waals surface area contributed by atoms with Gasteiger partial charge in [-0.25, -0.2) is 14.8 Å². The molecule has 4 aromatic rings. The van der Waals surface area contributed by atoms with E-state index in [0.717, 1.165) is 0 Å². The number of hydrogen-bond donors (Lipinski definition) is 2. The van der Waals surface area contributed by atoms with E-state index < -0.39 is 11.4 Å². The van der Waals surface area contributed by atoms with Crippen LogP contribution >= 0.6 is 0 Å². The number of benzene rings is 2. The molecule has 39 heavy (non-hydrogen) atoms. The lowest BCUT2D eigenvalue weighted by molar-refractivity contribution is -0.125. The molecule has 1 aliphatic heterocycles. The molecular formula is C28H28N8O3. The maximum absolute atomic E-state index is 13.8. The fraction of sp³-hybridized carbons (Fsp3) is 0.250. The third kappa shape index (κ3) is 5.10. The predicted molar refractivity (Wildman–Crippen MR) is 146 cm³/mol. The number of imidazole rings is 1. The van der Waals surface area contributed by atoms with Crippen LogP contribution in [0.1, 0.15) is 26.3 Å². The number of amides is 1. The van der Waals surface area contributed by atoms with Crippen molar-refractivity contribution in [1.29, 1.82) is 5.26 Å². The average Bonchev–Trinajstić information content (AvgIpc) is 3.50. The summed E-state index contributed by atoms with van der Waals surface area (Å²) in [5.74, 6) is 1.05. The zero-order valence-electron chi connectivity index (χ0n) is 21.6. The lowest BCUT2D eigenvalue weighted by Crippen LogP contribution is -2.35. The summed E-state index contributed by atoms with van der Waals surface area (Å²) in [5, 5.41) is 9.53. The Bertz CT molecular complexity index is 1660. The summed E-state index contributed by atoms with van der Waals surface area (Å²) in [7, 11) is 0. The Morgan fingerprint density at radius 2 is 1.82 bits per heavy atom. The number of fused-ring (bicyclic) bond motifs is 1. The smallest absolute Gasteiger partial charge is 0.335 e. The van der Waals surface area contributed by atoms with Gasteiger partial charge >= 0.3 is 5.69 Å². The van der Waals surface area contributed by atoms with Crippen molar-refractivity contribution in [1.82, 2.24) is 24.0 Å². The topological polar surface area (TPSA) is 158 Å². The van der Waals surface area contributed by atoms with Gasteiger partial charge in [0.15, 0.2) is 11.5 Å². The minimum absolute atomic E-state index is 0.0256. The minimum Gasteiger partial charge on any atom is -0.457 e. The molecule has 0 spiro atoms. The summed E-state index contributed by atoms with van der Waals surface area (Å²) >= 11 is 0. The van der Waals surface area contributed by atoms with E-state index in [2.05, 4.69) is 9.97 Å². The third-order valence-electron chi connectivity index (χ3n) is 6.44. The maximum atomic E-state index is 13.8. The van der Waals surface area contributed by atoms with E-state index in [9.17, 15) is 14.9 Å². The number of para-hydroxylation sites is 1. The summed E-state index contributed by atoms with van der Waals surface area (Å²) in [6.07, 6.45) is 3.27. The summed E-state index contributed by atoms with van der Waals surface area (Å²) in [5.41, 5.74) is 12.3. The van der Waals surface area contributed by atoms with Crippen LogP contribution in [0.4, 0.5) is 5.82 Å². The Kier molecular flexibility index (Phi) is 6.64. The van der Waals surface area contributed by atoms with Crippen LogP contribution in [0, 0.1) is 11.3 Å². The van der Waals surface area contributed by atoms with Crippen molar-refractivity contribution >= 4 is 22.9 Å². The van der Waals surface area contributed by atoms with E-state index in [1.165, 1.54) is 17.0 Å². The van der Waals surface area contributed by atoms with E-state index in [4.69, 9.17) is 16.2 Å². The first-order valence-corrected chi connectivity index (χ1v) is 12.4. The molecule has 1 aliphatic rings. The normalized spacial score (nSPS) is 15.9. The lowest BCUT2D eigenvalue weighted by Gasteiger charge is -2.18. The number of carbonyl (C=O) groups is 1. The molecule has 1 amide bonds. The van der Waals surface area contributed by atoms with Gasteiger partial charge in [-0.15, -0.1) is 0 Å². The van der Waals surface area contributed by atoms with Crippen LogP contribution in [0.2, 0.25) is 0 Å². The van der Waals surface area contributed by atoms with Gasteiger partial charge in [-0.05, 0) is 62.7 Å². The van der Waals surface area contributed by atoms with E-state index >= 15 is 0 Å². The molecule has 1 atom stereocenters. The Labute approximate surface area is 224 Å². The van der Waals surface area contributed by atoms with Crippen molar-refractivity contribution in [3.05, 3.63) is 83.1 Å². The number of anilines is 1. The van der Waals surface area contributed by atoms with Crippen molar-refractivity contribution in [3.8, 4) is 23.3 Å². The van der Waals surface area contributed by atoms with Crippen LogP contribution in [0.15, 0.2) is 77.4 Å². The Balaban J connectivity index is 1.49. The maximum Gasteiger partial charge on any atom is 0.335 e. The minimum atomic E-state index is -0.819. The number of nitriles is 1. The third-order valence-corrected chi connectivity index (χ3v) is 6.44. The zero-order valence-corrected chi connectivity index (χ0v) is 21.6. The van der Waals surface area contributed by atoms with Crippen LogP contribution in [-0.4, -0.2) is 48.5 Å². The molecule has 1 saturated heterocycles. The Hall–Kier alpha value is -4.95. The molecule has 11 heteroatoms. The number of nitrogens with zero attached hydrogens (tertiary/aromatic N) is 6. The number of aromatic nitrogens is 4. The van der Waals surface area contributed by atoms with Crippen LogP contribution in [0.5, 0.6) is 11.5 Å². The first-order chi connectivity index (χ1) is 18.7. The first kappa shape index (κ1) is 25.7. The molecule has 0 saturated carbocycles. The SMILES string of the molecule is CC(C)(N)C=C(C#N)C(=O)N1CC[C@H](n2c(=O)n(-c3ccc(Oc4ccccc4)cc3)c3c(N)ncnc32)C1. The monoisotopic (exact) mass is 524 g/mol. The summed E-state index contributed by atoms with van der Waals surface area (Å²) in [4.78, 5) is 36.9. The molecule has 0 unspecified atom stereocenters. The van der Waals surface area contributed by atoms with E-state index in [1.807, 2.05) is 36.4 Å². The van der Waals surface area contributed by atoms with Crippen LogP contribution in [-0.2, 0) is 4.79 Å². The highest BCUT2D eigenvalue weighted by Gasteiger charge is 2.33. The van der Waals surface area contributed by atoms with Crippen molar-refractivity contribution in [2.24, 2.45) is 5.73 Å². The van der Waals surface area contributed by atoms with Gasteiger partial charge in [0.25, 0.3) is 5.91 Å². The largest absolute Gasteiger partial charge is 0.457 e. The molecule has 1 fully saturated rings. The van der Waals surface area contributed by atoms with Crippen LogP contribution in [0.3, 0.4) is 0 Å². The molecule has 198 valence electrons. The van der Waals surface area contributed by atoms with Gasteiger partial charge in [-0.2, -0.15) is 5.26 Å². The number of nitrogens with two attached hydrogens (primary N) is 2. The number of hydrogen-bond acceptors (Lipinski definition) is 8. The predicted octanol–water partition coefficient (Wildman–Crippen LogP) is 2.92. The number of nitrogen functional groups attached to an aromatic ring is 1. The van der Waals surface area contributed by atoms with E-state index in [1.54, 1.807) is 47.6 Å². The second-order valence-electron chi connectivity index (χ2n) is 10.0. The van der Waals surface area contributed by atoms with Crippen molar-refractivity contribution in [3.63, 3.8) is 0 Å². The van der Waals surface area contributed by atoms with Gasteiger partial charge < -0.3 is 21.1 Å². The second-order valence-corrected chi connectivity index (χ2v) is 10.0. The first-order valence-electron chi connectivity index (χ1n) is 12.4. The second kappa shape index (κ2) is 10.1. The summed E-state index contributed by atoms with van der Waals surface area (Å²) in [6, 6.07) is 18.0. The molecule has 0 radical (unpaired) electrons. The van der Waals surface area contributed by atoms with Gasteiger partial charge in [0.05, 0.1) is 11.7 Å². The molecular weight excluding hydrogens is 496 g/mol. The molecule has 11 nitrogen and oxygen atoms in total. The molecule has 0 aliphatic carbocycles. The highest BCUT2D eigenvalue weighted by atomic mass is 16.5. The average molecular weight is 525 g/mol. The van der Waals surface area contributed by atoms with Gasteiger partial charge in [0.2, 0.25) is 0 Å². The molecule has 5 rings (SSSR count). The van der Waals surface area contributed by atoms with Crippen molar-refractivity contribution < 1.29 is 9.53 Å². The number of likely N-dealkylation sites (tertiary alicyclic amines) is 1. The van der Waals surface area contributed by atoms with Crippen molar-refractivity contribution in [2.75, 3.05) is 18.8 Å².